The van der Waals surface area contributed by atoms with Gasteiger partial charge in [0.05, 0.1) is 0 Å². The molecule has 2 aromatic rings. The van der Waals surface area contributed by atoms with Crippen molar-refractivity contribution in [2.75, 3.05) is 7.05 Å². The molecule has 0 aromatic heterocycles. The molecule has 0 aliphatic heterocycles. The number of benzene rings is 2. The van der Waals surface area contributed by atoms with Crippen LogP contribution in [0, 0.1) is 18.6 Å². The van der Waals surface area contributed by atoms with Crippen molar-refractivity contribution in [3.05, 3.63) is 70.8 Å². The van der Waals surface area contributed by atoms with E-state index in [-0.39, 0.29) is 17.7 Å². The van der Waals surface area contributed by atoms with E-state index in [1.54, 1.807) is 12.1 Å². The van der Waals surface area contributed by atoms with Crippen LogP contribution in [-0.2, 0) is 6.42 Å². The lowest BCUT2D eigenvalue weighted by Crippen LogP contribution is -2.20. The largest absolute Gasteiger partial charge is 0.313 e. The van der Waals surface area contributed by atoms with Crippen LogP contribution in [0.1, 0.15) is 22.7 Å². The van der Waals surface area contributed by atoms with E-state index in [0.29, 0.717) is 6.42 Å². The van der Waals surface area contributed by atoms with Crippen LogP contribution >= 0.6 is 0 Å². The van der Waals surface area contributed by atoms with Gasteiger partial charge in [0.2, 0.25) is 0 Å². The number of rotatable bonds is 4. The van der Waals surface area contributed by atoms with Gasteiger partial charge in [-0.05, 0) is 61.3 Å². The molecule has 0 amide bonds. The van der Waals surface area contributed by atoms with Gasteiger partial charge in [0.1, 0.15) is 11.6 Å². The Kier molecular flexibility index (Phi) is 4.27. The molecule has 0 heterocycles. The highest BCUT2D eigenvalue weighted by atomic mass is 19.1. The van der Waals surface area contributed by atoms with Gasteiger partial charge in [-0.1, -0.05) is 18.2 Å². The maximum absolute atomic E-state index is 13.2. The minimum Gasteiger partial charge on any atom is -0.313 e. The van der Waals surface area contributed by atoms with E-state index in [1.165, 1.54) is 24.3 Å². The van der Waals surface area contributed by atoms with Gasteiger partial charge in [-0.15, -0.1) is 0 Å². The summed E-state index contributed by atoms with van der Waals surface area (Å²) in [4.78, 5) is 0. The molecule has 1 nitrogen and oxygen atoms in total. The minimum absolute atomic E-state index is 0.0439. The first-order chi connectivity index (χ1) is 9.10. The standard InChI is InChI=1S/C16H17F2N/c1-11-8-14(18)6-7-15(11)16(19-2)10-12-4-3-5-13(17)9-12/h3-9,16,19H,10H2,1-2H3. The molecule has 0 saturated carbocycles. The van der Waals surface area contributed by atoms with Gasteiger partial charge in [-0.25, -0.2) is 8.78 Å². The molecule has 1 unspecified atom stereocenters. The summed E-state index contributed by atoms with van der Waals surface area (Å²) in [7, 11) is 1.85. The second kappa shape index (κ2) is 5.93. The van der Waals surface area contributed by atoms with E-state index in [9.17, 15) is 8.78 Å². The zero-order chi connectivity index (χ0) is 13.8. The Morgan fingerprint density at radius 2 is 1.79 bits per heavy atom. The molecule has 19 heavy (non-hydrogen) atoms. The van der Waals surface area contributed by atoms with Crippen LogP contribution in [0.3, 0.4) is 0 Å². The van der Waals surface area contributed by atoms with E-state index in [0.717, 1.165) is 16.7 Å². The molecule has 0 aliphatic carbocycles. The van der Waals surface area contributed by atoms with E-state index >= 15 is 0 Å². The third-order valence-corrected chi connectivity index (χ3v) is 3.28. The normalized spacial score (nSPS) is 12.4. The van der Waals surface area contributed by atoms with Crippen LogP contribution in [0.5, 0.6) is 0 Å². The molecular weight excluding hydrogens is 244 g/mol. The SMILES string of the molecule is CNC(Cc1cccc(F)c1)c1ccc(F)cc1C. The summed E-state index contributed by atoms with van der Waals surface area (Å²) >= 11 is 0. The highest BCUT2D eigenvalue weighted by Crippen LogP contribution is 2.22. The fourth-order valence-electron chi connectivity index (χ4n) is 2.30. The van der Waals surface area contributed by atoms with Gasteiger partial charge in [-0.3, -0.25) is 0 Å². The average molecular weight is 261 g/mol. The van der Waals surface area contributed by atoms with Gasteiger partial charge >= 0.3 is 0 Å². The molecule has 2 aromatic carbocycles. The molecule has 100 valence electrons. The molecule has 2 rings (SSSR count). The Hall–Kier alpha value is -1.74. The second-order valence-corrected chi connectivity index (χ2v) is 4.68. The molecule has 3 heteroatoms. The number of halogens is 2. The van der Waals surface area contributed by atoms with Gasteiger partial charge in [0.15, 0.2) is 0 Å². The summed E-state index contributed by atoms with van der Waals surface area (Å²) in [6.45, 7) is 1.88. The Morgan fingerprint density at radius 1 is 1.05 bits per heavy atom. The van der Waals surface area contributed by atoms with Crippen molar-refractivity contribution in [3.8, 4) is 0 Å². The van der Waals surface area contributed by atoms with Crippen molar-refractivity contribution in [3.63, 3.8) is 0 Å². The molecule has 1 atom stereocenters. The maximum atomic E-state index is 13.2. The molecule has 0 aliphatic rings. The zero-order valence-corrected chi connectivity index (χ0v) is 11.1. The van der Waals surface area contributed by atoms with Crippen molar-refractivity contribution >= 4 is 0 Å². The average Bonchev–Trinajstić information content (AvgIpc) is 2.37. The van der Waals surface area contributed by atoms with E-state index < -0.39 is 0 Å². The van der Waals surface area contributed by atoms with Crippen LogP contribution < -0.4 is 5.32 Å². The van der Waals surface area contributed by atoms with Crippen molar-refractivity contribution in [1.82, 2.24) is 5.32 Å². The summed E-state index contributed by atoms with van der Waals surface area (Å²) < 4.78 is 26.3. The van der Waals surface area contributed by atoms with Crippen LogP contribution in [0.4, 0.5) is 8.78 Å². The lowest BCUT2D eigenvalue weighted by atomic mass is 9.95. The van der Waals surface area contributed by atoms with Gasteiger partial charge in [0.25, 0.3) is 0 Å². The minimum atomic E-state index is -0.234. The molecule has 0 fully saturated rings. The second-order valence-electron chi connectivity index (χ2n) is 4.68. The van der Waals surface area contributed by atoms with Crippen molar-refractivity contribution in [1.29, 1.82) is 0 Å². The van der Waals surface area contributed by atoms with Crippen LogP contribution in [0.2, 0.25) is 0 Å². The topological polar surface area (TPSA) is 12.0 Å². The van der Waals surface area contributed by atoms with Crippen LogP contribution in [0.25, 0.3) is 0 Å². The lowest BCUT2D eigenvalue weighted by molar-refractivity contribution is 0.576. The summed E-state index contributed by atoms with van der Waals surface area (Å²) in [6.07, 6.45) is 0.667. The Bertz CT molecular complexity index is 566. The monoisotopic (exact) mass is 261 g/mol. The predicted octanol–water partition coefficient (Wildman–Crippen LogP) is 3.78. The first-order valence-corrected chi connectivity index (χ1v) is 6.28. The van der Waals surface area contributed by atoms with E-state index in [1.807, 2.05) is 20.0 Å². The highest BCUT2D eigenvalue weighted by molar-refractivity contribution is 5.31. The molecule has 0 saturated heterocycles. The van der Waals surface area contributed by atoms with E-state index in [2.05, 4.69) is 5.32 Å². The highest BCUT2D eigenvalue weighted by Gasteiger charge is 2.13. The number of nitrogens with one attached hydrogen (secondary N) is 1. The lowest BCUT2D eigenvalue weighted by Gasteiger charge is -2.19. The molecule has 1 N–H and O–H groups in total. The number of hydrogen-bond donors (Lipinski definition) is 1. The first-order valence-electron chi connectivity index (χ1n) is 6.28. The number of likely N-dealkylation sites (N-methyl/N-ethyl adjacent to an activating group) is 1. The van der Waals surface area contributed by atoms with Gasteiger partial charge < -0.3 is 5.32 Å². The smallest absolute Gasteiger partial charge is 0.123 e. The predicted molar refractivity (Wildman–Crippen MR) is 73.0 cm³/mol. The molecule has 0 radical (unpaired) electrons. The Balaban J connectivity index is 2.25. The van der Waals surface area contributed by atoms with Crippen LogP contribution in [-0.4, -0.2) is 7.05 Å². The third kappa shape index (κ3) is 3.38. The van der Waals surface area contributed by atoms with Crippen molar-refractivity contribution in [2.24, 2.45) is 0 Å². The Labute approximate surface area is 112 Å². The van der Waals surface area contributed by atoms with Crippen molar-refractivity contribution < 1.29 is 8.78 Å². The number of aryl methyl sites for hydroxylation is 1. The summed E-state index contributed by atoms with van der Waals surface area (Å²) in [5.41, 5.74) is 2.85. The fraction of sp³-hybridized carbons (Fsp3) is 0.250. The Morgan fingerprint density at radius 3 is 2.42 bits per heavy atom. The van der Waals surface area contributed by atoms with Gasteiger partial charge in [0, 0.05) is 6.04 Å². The number of hydrogen-bond acceptors (Lipinski definition) is 1. The third-order valence-electron chi connectivity index (χ3n) is 3.28. The summed E-state index contributed by atoms with van der Waals surface area (Å²) in [5, 5.41) is 3.20. The molecule has 0 bridgehead atoms. The first kappa shape index (κ1) is 13.7. The van der Waals surface area contributed by atoms with E-state index in [4.69, 9.17) is 0 Å². The summed E-state index contributed by atoms with van der Waals surface area (Å²) in [6, 6.07) is 11.4. The zero-order valence-electron chi connectivity index (χ0n) is 11.1. The molecular formula is C16H17F2N. The van der Waals surface area contributed by atoms with Gasteiger partial charge in [-0.2, -0.15) is 0 Å². The van der Waals surface area contributed by atoms with Crippen LogP contribution in [0.15, 0.2) is 42.5 Å². The summed E-state index contributed by atoms with van der Waals surface area (Å²) in [5.74, 6) is -0.468. The quantitative estimate of drug-likeness (QED) is 0.883. The molecule has 0 spiro atoms. The maximum Gasteiger partial charge on any atom is 0.123 e. The fourth-order valence-corrected chi connectivity index (χ4v) is 2.30. The van der Waals surface area contributed by atoms with Crippen molar-refractivity contribution in [2.45, 2.75) is 19.4 Å².